The molecule has 3 atom stereocenters. The average Bonchev–Trinajstić information content (AvgIpc) is 2.76. The molecule has 3 N–H and O–H groups in total. The predicted molar refractivity (Wildman–Crippen MR) is 68.6 cm³/mol. The molecule has 1 aliphatic carbocycles. The lowest BCUT2D eigenvalue weighted by molar-refractivity contribution is -0.136. The number of carboxylic acid groups (broad SMARTS) is 1. The number of nitrogens with two attached hydrogens (primary N) is 1. The van der Waals surface area contributed by atoms with Gasteiger partial charge in [0.2, 0.25) is 10.0 Å². The predicted octanol–water partition coefficient (Wildman–Crippen LogP) is 0.239. The van der Waals surface area contributed by atoms with Gasteiger partial charge in [-0.3, -0.25) is 4.79 Å². The molecule has 18 heavy (non-hydrogen) atoms. The Labute approximate surface area is 108 Å². The van der Waals surface area contributed by atoms with E-state index in [1.54, 1.807) is 6.92 Å². The molecule has 0 aromatic heterocycles. The Balaban J connectivity index is 2.99. The van der Waals surface area contributed by atoms with Gasteiger partial charge in [0, 0.05) is 12.6 Å². The fourth-order valence-electron chi connectivity index (χ4n) is 2.60. The fourth-order valence-corrected chi connectivity index (χ4v) is 4.28. The summed E-state index contributed by atoms with van der Waals surface area (Å²) in [6.45, 7) is 3.68. The summed E-state index contributed by atoms with van der Waals surface area (Å²) in [5.74, 6) is -1.17. The van der Waals surface area contributed by atoms with Crippen molar-refractivity contribution in [2.75, 3.05) is 13.1 Å². The highest BCUT2D eigenvalue weighted by Gasteiger charge is 2.41. The number of hydrogen-bond acceptors (Lipinski definition) is 4. The Morgan fingerprint density at radius 3 is 2.56 bits per heavy atom. The molecular formula is C11H22N2O4S. The molecule has 1 aliphatic rings. The van der Waals surface area contributed by atoms with Crippen LogP contribution in [0.4, 0.5) is 0 Å². The lowest BCUT2D eigenvalue weighted by Crippen LogP contribution is -2.48. The summed E-state index contributed by atoms with van der Waals surface area (Å²) >= 11 is 0. The summed E-state index contributed by atoms with van der Waals surface area (Å²) in [7, 11) is -3.80. The minimum absolute atomic E-state index is 0.140. The highest BCUT2D eigenvalue weighted by molar-refractivity contribution is 7.90. The summed E-state index contributed by atoms with van der Waals surface area (Å²) in [4.78, 5) is 10.9. The lowest BCUT2D eigenvalue weighted by atomic mass is 10.0. The van der Waals surface area contributed by atoms with E-state index in [1.165, 1.54) is 11.2 Å². The van der Waals surface area contributed by atoms with Crippen LogP contribution in [0.25, 0.3) is 0 Å². The number of nitrogens with zero attached hydrogens (tertiary/aromatic N) is 1. The molecule has 7 heteroatoms. The van der Waals surface area contributed by atoms with Crippen LogP contribution in [0.3, 0.4) is 0 Å². The number of aliphatic carboxylic acids is 1. The van der Waals surface area contributed by atoms with Crippen molar-refractivity contribution in [1.82, 2.24) is 4.31 Å². The van der Waals surface area contributed by atoms with Gasteiger partial charge in [-0.15, -0.1) is 0 Å². The maximum atomic E-state index is 12.3. The van der Waals surface area contributed by atoms with Gasteiger partial charge in [-0.05, 0) is 32.2 Å². The topological polar surface area (TPSA) is 101 Å². The molecule has 1 rings (SSSR count). The van der Waals surface area contributed by atoms with E-state index in [0.717, 1.165) is 19.3 Å². The van der Waals surface area contributed by atoms with E-state index in [2.05, 4.69) is 0 Å². The molecule has 0 bridgehead atoms. The van der Waals surface area contributed by atoms with Crippen LogP contribution >= 0.6 is 0 Å². The van der Waals surface area contributed by atoms with E-state index >= 15 is 0 Å². The number of rotatable bonds is 6. The molecule has 1 fully saturated rings. The Kier molecular flexibility index (Phi) is 5.12. The second-order valence-corrected chi connectivity index (χ2v) is 6.93. The molecule has 6 nitrogen and oxygen atoms in total. The van der Waals surface area contributed by atoms with Crippen molar-refractivity contribution < 1.29 is 18.3 Å². The van der Waals surface area contributed by atoms with Crippen LogP contribution < -0.4 is 5.73 Å². The fraction of sp³-hybridized carbons (Fsp3) is 0.909. The summed E-state index contributed by atoms with van der Waals surface area (Å²) in [5.41, 5.74) is 5.66. The van der Waals surface area contributed by atoms with Crippen molar-refractivity contribution >= 4 is 16.0 Å². The van der Waals surface area contributed by atoms with Crippen LogP contribution in [0.2, 0.25) is 0 Å². The van der Waals surface area contributed by atoms with Crippen molar-refractivity contribution in [3.8, 4) is 0 Å². The summed E-state index contributed by atoms with van der Waals surface area (Å²) in [6, 6.07) is -0.146. The van der Waals surface area contributed by atoms with Crippen molar-refractivity contribution in [3.63, 3.8) is 0 Å². The molecule has 106 valence electrons. The van der Waals surface area contributed by atoms with Crippen LogP contribution in [-0.2, 0) is 14.8 Å². The van der Waals surface area contributed by atoms with Crippen molar-refractivity contribution in [3.05, 3.63) is 0 Å². The van der Waals surface area contributed by atoms with Crippen LogP contribution in [-0.4, -0.2) is 48.2 Å². The molecule has 0 aliphatic heterocycles. The van der Waals surface area contributed by atoms with Crippen molar-refractivity contribution in [2.45, 2.75) is 44.4 Å². The minimum atomic E-state index is -3.80. The lowest BCUT2D eigenvalue weighted by Gasteiger charge is -2.32. The molecular weight excluding hydrogens is 256 g/mol. The maximum Gasteiger partial charge on any atom is 0.323 e. The third-order valence-corrected chi connectivity index (χ3v) is 6.00. The quantitative estimate of drug-likeness (QED) is 0.724. The maximum absolute atomic E-state index is 12.3. The average molecular weight is 278 g/mol. The second-order valence-electron chi connectivity index (χ2n) is 4.72. The number of carboxylic acids is 1. The van der Waals surface area contributed by atoms with Gasteiger partial charge in [0.25, 0.3) is 0 Å². The Hall–Kier alpha value is -0.660. The van der Waals surface area contributed by atoms with Gasteiger partial charge in [0.05, 0.1) is 0 Å². The molecule has 0 aromatic carbocycles. The zero-order valence-corrected chi connectivity index (χ0v) is 11.7. The van der Waals surface area contributed by atoms with Gasteiger partial charge in [-0.1, -0.05) is 13.3 Å². The van der Waals surface area contributed by atoms with Gasteiger partial charge in [0.1, 0.15) is 0 Å². The molecule has 0 heterocycles. The molecule has 3 unspecified atom stereocenters. The minimum Gasteiger partial charge on any atom is -0.480 e. The first kappa shape index (κ1) is 15.4. The third-order valence-electron chi connectivity index (χ3n) is 3.72. The first-order valence-corrected chi connectivity index (χ1v) is 7.80. The van der Waals surface area contributed by atoms with Gasteiger partial charge >= 0.3 is 5.97 Å². The largest absolute Gasteiger partial charge is 0.480 e. The smallest absolute Gasteiger partial charge is 0.323 e. The molecule has 1 saturated carbocycles. The van der Waals surface area contributed by atoms with E-state index in [9.17, 15) is 13.2 Å². The van der Waals surface area contributed by atoms with Crippen LogP contribution in [0, 0.1) is 5.92 Å². The Morgan fingerprint density at radius 2 is 2.11 bits per heavy atom. The second kappa shape index (κ2) is 5.99. The molecule has 0 aromatic rings. The van der Waals surface area contributed by atoms with E-state index in [0.29, 0.717) is 13.1 Å². The SMILES string of the molecule is CCN(C1CCCC1CN)S(=O)(=O)C(C)C(=O)O. The normalized spacial score (nSPS) is 26.4. The number of carbonyl (C=O) groups is 1. The van der Waals surface area contributed by atoms with Crippen LogP contribution in [0.5, 0.6) is 0 Å². The zero-order chi connectivity index (χ0) is 13.9. The Morgan fingerprint density at radius 1 is 1.50 bits per heavy atom. The van der Waals surface area contributed by atoms with Gasteiger partial charge in [-0.2, -0.15) is 4.31 Å². The first-order chi connectivity index (χ1) is 8.36. The third kappa shape index (κ3) is 2.84. The van der Waals surface area contributed by atoms with Crippen molar-refractivity contribution in [1.29, 1.82) is 0 Å². The van der Waals surface area contributed by atoms with E-state index in [1.807, 2.05) is 0 Å². The zero-order valence-electron chi connectivity index (χ0n) is 10.9. The standard InChI is InChI=1S/C11H22N2O4S/c1-3-13(10-6-4-5-9(10)7-12)18(16,17)8(2)11(14)15/h8-10H,3-7,12H2,1-2H3,(H,14,15). The monoisotopic (exact) mass is 278 g/mol. The highest BCUT2D eigenvalue weighted by Crippen LogP contribution is 2.31. The summed E-state index contributed by atoms with van der Waals surface area (Å²) in [5, 5.41) is 7.49. The van der Waals surface area contributed by atoms with Crippen LogP contribution in [0.1, 0.15) is 33.1 Å². The summed E-state index contributed by atoms with van der Waals surface area (Å²) < 4.78 is 25.8. The van der Waals surface area contributed by atoms with Gasteiger partial charge < -0.3 is 10.8 Å². The molecule has 0 saturated heterocycles. The summed E-state index contributed by atoms with van der Waals surface area (Å²) in [6.07, 6.45) is 2.62. The molecule has 0 spiro atoms. The molecule has 0 radical (unpaired) electrons. The van der Waals surface area contributed by atoms with Crippen molar-refractivity contribution in [2.24, 2.45) is 11.7 Å². The van der Waals surface area contributed by atoms with Crippen LogP contribution in [0.15, 0.2) is 0 Å². The Bertz CT molecular complexity index is 396. The first-order valence-electron chi connectivity index (χ1n) is 6.29. The van der Waals surface area contributed by atoms with Gasteiger partial charge in [0.15, 0.2) is 5.25 Å². The number of hydrogen-bond donors (Lipinski definition) is 2. The van der Waals surface area contributed by atoms with E-state index in [4.69, 9.17) is 10.8 Å². The van der Waals surface area contributed by atoms with E-state index in [-0.39, 0.29) is 12.0 Å². The number of sulfonamides is 1. The van der Waals surface area contributed by atoms with Gasteiger partial charge in [-0.25, -0.2) is 8.42 Å². The van der Waals surface area contributed by atoms with E-state index < -0.39 is 21.2 Å². The highest BCUT2D eigenvalue weighted by atomic mass is 32.2. The molecule has 0 amide bonds.